The molecule has 0 saturated heterocycles. The van der Waals surface area contributed by atoms with Gasteiger partial charge in [-0.15, -0.1) is 0 Å². The zero-order valence-corrected chi connectivity index (χ0v) is 18.7. The Bertz CT molecular complexity index is 1000. The Morgan fingerprint density at radius 2 is 1.69 bits per heavy atom. The summed E-state index contributed by atoms with van der Waals surface area (Å²) in [7, 11) is 1.52. The normalized spacial score (nSPS) is 10.7. The van der Waals surface area contributed by atoms with Gasteiger partial charge in [0.15, 0.2) is 0 Å². The molecule has 0 aliphatic heterocycles. The molecule has 1 N–H and O–H groups in total. The van der Waals surface area contributed by atoms with E-state index in [4.69, 9.17) is 9.47 Å². The molecule has 3 aromatic rings. The van der Waals surface area contributed by atoms with E-state index in [9.17, 15) is 4.79 Å². The maximum absolute atomic E-state index is 12.3. The molecule has 0 aliphatic rings. The summed E-state index contributed by atoms with van der Waals surface area (Å²) < 4.78 is 12.8. The van der Waals surface area contributed by atoms with Crippen LogP contribution in [0.5, 0.6) is 11.5 Å². The number of nitrogens with zero attached hydrogens (tertiary/aromatic N) is 1. The third kappa shape index (κ3) is 6.17. The van der Waals surface area contributed by atoms with Crippen LogP contribution >= 0.6 is 31.9 Å². The van der Waals surface area contributed by atoms with Crippen molar-refractivity contribution in [1.29, 1.82) is 0 Å². The van der Waals surface area contributed by atoms with E-state index in [1.807, 2.05) is 48.5 Å². The van der Waals surface area contributed by atoms with Crippen LogP contribution < -0.4 is 14.9 Å². The third-order valence-electron chi connectivity index (χ3n) is 3.98. The zero-order chi connectivity index (χ0) is 20.6. The highest BCUT2D eigenvalue weighted by Gasteiger charge is 2.11. The Morgan fingerprint density at radius 3 is 2.38 bits per heavy atom. The van der Waals surface area contributed by atoms with E-state index in [1.165, 1.54) is 7.11 Å². The smallest absolute Gasteiger partial charge is 0.275 e. The van der Waals surface area contributed by atoms with Gasteiger partial charge in [-0.3, -0.25) is 4.79 Å². The minimum absolute atomic E-state index is 0.353. The maximum Gasteiger partial charge on any atom is 0.275 e. The summed E-state index contributed by atoms with van der Waals surface area (Å²) in [5, 5.41) is 4.01. The predicted octanol–water partition coefficient (Wildman–Crippen LogP) is 5.56. The molecule has 0 fully saturated rings. The molecule has 0 radical (unpaired) electrons. The molecular formula is C22H18Br2N2O3. The number of rotatable bonds is 7. The molecule has 0 bridgehead atoms. The molecule has 3 rings (SSSR count). The number of hydrazone groups is 1. The van der Waals surface area contributed by atoms with Gasteiger partial charge in [-0.1, -0.05) is 44.0 Å². The monoisotopic (exact) mass is 516 g/mol. The second-order valence-electron chi connectivity index (χ2n) is 6.03. The lowest BCUT2D eigenvalue weighted by molar-refractivity contribution is 0.0952. The molecule has 0 unspecified atom stereocenters. The summed E-state index contributed by atoms with van der Waals surface area (Å²) in [4.78, 5) is 12.3. The van der Waals surface area contributed by atoms with Gasteiger partial charge < -0.3 is 9.47 Å². The molecule has 0 aliphatic carbocycles. The number of halogens is 2. The summed E-state index contributed by atoms with van der Waals surface area (Å²) in [6.07, 6.45) is 1.57. The average Bonchev–Trinajstić information content (AvgIpc) is 2.74. The van der Waals surface area contributed by atoms with Gasteiger partial charge in [-0.05, 0) is 65.7 Å². The minimum atomic E-state index is -0.353. The predicted molar refractivity (Wildman–Crippen MR) is 121 cm³/mol. The average molecular weight is 518 g/mol. The van der Waals surface area contributed by atoms with E-state index in [2.05, 4.69) is 42.4 Å². The van der Waals surface area contributed by atoms with Crippen LogP contribution in [0.15, 0.2) is 80.8 Å². The van der Waals surface area contributed by atoms with Crippen molar-refractivity contribution in [3.8, 4) is 11.5 Å². The third-order valence-corrected chi connectivity index (χ3v) is 5.01. The Hall–Kier alpha value is -2.64. The second-order valence-corrected chi connectivity index (χ2v) is 7.86. The number of ether oxygens (including phenoxy) is 2. The van der Waals surface area contributed by atoms with Gasteiger partial charge in [0, 0.05) is 8.95 Å². The molecule has 0 aromatic heterocycles. The largest absolute Gasteiger partial charge is 0.496 e. The van der Waals surface area contributed by atoms with Gasteiger partial charge >= 0.3 is 0 Å². The Morgan fingerprint density at radius 1 is 1.00 bits per heavy atom. The van der Waals surface area contributed by atoms with Crippen molar-refractivity contribution >= 4 is 44.0 Å². The number of amides is 1. The standard InChI is InChI=1S/C22H18Br2N2O3/c1-28-21-11-8-18(24)12-20(21)22(27)26-25-13-15-4-9-19(10-5-15)29-14-16-2-6-17(23)7-3-16/h2-13H,14H2,1H3,(H,26,27)/b25-13-. The highest BCUT2D eigenvalue weighted by Crippen LogP contribution is 2.22. The molecular weight excluding hydrogens is 500 g/mol. The Kier molecular flexibility index (Phi) is 7.43. The summed E-state index contributed by atoms with van der Waals surface area (Å²) in [6, 6.07) is 20.6. The molecule has 7 heteroatoms. The minimum Gasteiger partial charge on any atom is -0.496 e. The first-order chi connectivity index (χ1) is 14.0. The highest BCUT2D eigenvalue weighted by molar-refractivity contribution is 9.10. The fourth-order valence-electron chi connectivity index (χ4n) is 2.48. The number of hydrogen-bond donors (Lipinski definition) is 1. The molecule has 5 nitrogen and oxygen atoms in total. The quantitative estimate of drug-likeness (QED) is 0.329. The van der Waals surface area contributed by atoms with Crippen LogP contribution in [-0.2, 0) is 6.61 Å². The van der Waals surface area contributed by atoms with Gasteiger partial charge in [0.25, 0.3) is 5.91 Å². The van der Waals surface area contributed by atoms with Crippen molar-refractivity contribution in [2.24, 2.45) is 5.10 Å². The SMILES string of the molecule is COc1ccc(Br)cc1C(=O)N/N=C\c1ccc(OCc2ccc(Br)cc2)cc1. The van der Waals surface area contributed by atoms with E-state index >= 15 is 0 Å². The summed E-state index contributed by atoms with van der Waals surface area (Å²) in [5.41, 5.74) is 4.83. The number of hydrogen-bond acceptors (Lipinski definition) is 4. The van der Waals surface area contributed by atoms with Crippen LogP contribution in [0.4, 0.5) is 0 Å². The van der Waals surface area contributed by atoms with E-state index in [0.29, 0.717) is 17.9 Å². The van der Waals surface area contributed by atoms with Crippen molar-refractivity contribution in [1.82, 2.24) is 5.43 Å². The summed E-state index contributed by atoms with van der Waals surface area (Å²) in [6.45, 7) is 0.491. The summed E-state index contributed by atoms with van der Waals surface area (Å²) >= 11 is 6.76. The molecule has 0 spiro atoms. The number of carbonyl (C=O) groups is 1. The first-order valence-electron chi connectivity index (χ1n) is 8.69. The Labute approximate surface area is 186 Å². The molecule has 3 aromatic carbocycles. The molecule has 0 saturated carbocycles. The fourth-order valence-corrected chi connectivity index (χ4v) is 3.11. The molecule has 148 valence electrons. The zero-order valence-electron chi connectivity index (χ0n) is 15.6. The van der Waals surface area contributed by atoms with Crippen molar-refractivity contribution < 1.29 is 14.3 Å². The van der Waals surface area contributed by atoms with Crippen molar-refractivity contribution in [2.75, 3.05) is 7.11 Å². The second kappa shape index (κ2) is 10.2. The van der Waals surface area contributed by atoms with Crippen LogP contribution in [0.2, 0.25) is 0 Å². The van der Waals surface area contributed by atoms with Crippen LogP contribution in [0, 0.1) is 0 Å². The first kappa shape index (κ1) is 21.1. The number of nitrogens with one attached hydrogen (secondary N) is 1. The lowest BCUT2D eigenvalue weighted by Crippen LogP contribution is -2.18. The van der Waals surface area contributed by atoms with Crippen LogP contribution in [0.25, 0.3) is 0 Å². The fraction of sp³-hybridized carbons (Fsp3) is 0.0909. The first-order valence-corrected chi connectivity index (χ1v) is 10.3. The molecule has 0 atom stereocenters. The van der Waals surface area contributed by atoms with E-state index in [1.54, 1.807) is 24.4 Å². The van der Waals surface area contributed by atoms with Gasteiger partial charge in [-0.25, -0.2) is 5.43 Å². The summed E-state index contributed by atoms with van der Waals surface area (Å²) in [5.74, 6) is 0.884. The lowest BCUT2D eigenvalue weighted by atomic mass is 10.2. The molecule has 29 heavy (non-hydrogen) atoms. The van der Waals surface area contributed by atoms with Crippen LogP contribution in [0.3, 0.4) is 0 Å². The van der Waals surface area contributed by atoms with Crippen molar-refractivity contribution in [3.05, 3.63) is 92.4 Å². The highest BCUT2D eigenvalue weighted by atomic mass is 79.9. The topological polar surface area (TPSA) is 59.9 Å². The van der Waals surface area contributed by atoms with Crippen LogP contribution in [0.1, 0.15) is 21.5 Å². The van der Waals surface area contributed by atoms with Gasteiger partial charge in [-0.2, -0.15) is 5.10 Å². The van der Waals surface area contributed by atoms with E-state index < -0.39 is 0 Å². The van der Waals surface area contributed by atoms with E-state index in [-0.39, 0.29) is 5.91 Å². The number of carbonyl (C=O) groups excluding carboxylic acids is 1. The van der Waals surface area contributed by atoms with Crippen LogP contribution in [-0.4, -0.2) is 19.2 Å². The number of methoxy groups -OCH3 is 1. The Balaban J connectivity index is 1.55. The van der Waals surface area contributed by atoms with Gasteiger partial charge in [0.1, 0.15) is 18.1 Å². The molecule has 1 amide bonds. The van der Waals surface area contributed by atoms with Crippen molar-refractivity contribution in [2.45, 2.75) is 6.61 Å². The van der Waals surface area contributed by atoms with Crippen molar-refractivity contribution in [3.63, 3.8) is 0 Å². The lowest BCUT2D eigenvalue weighted by Gasteiger charge is -2.07. The van der Waals surface area contributed by atoms with Gasteiger partial charge in [0.05, 0.1) is 18.9 Å². The molecule has 0 heterocycles. The van der Waals surface area contributed by atoms with E-state index in [0.717, 1.165) is 25.8 Å². The van der Waals surface area contributed by atoms with Gasteiger partial charge in [0.2, 0.25) is 0 Å². The number of benzene rings is 3. The maximum atomic E-state index is 12.3.